The highest BCUT2D eigenvalue weighted by molar-refractivity contribution is 5.93. The van der Waals surface area contributed by atoms with Gasteiger partial charge in [-0.2, -0.15) is 9.90 Å². The van der Waals surface area contributed by atoms with Crippen molar-refractivity contribution in [3.63, 3.8) is 0 Å². The van der Waals surface area contributed by atoms with Crippen molar-refractivity contribution in [1.82, 2.24) is 25.2 Å². The van der Waals surface area contributed by atoms with Crippen LogP contribution in [-0.4, -0.2) is 51.5 Å². The van der Waals surface area contributed by atoms with Gasteiger partial charge in [0.15, 0.2) is 5.69 Å². The Bertz CT molecular complexity index is 667. The van der Waals surface area contributed by atoms with Gasteiger partial charge >= 0.3 is 0 Å². The number of carbonyl (C=O) groups is 1. The molecule has 0 radical (unpaired) electrons. The van der Waals surface area contributed by atoms with Crippen LogP contribution in [-0.2, 0) is 0 Å². The third-order valence-electron chi connectivity index (χ3n) is 4.39. The van der Waals surface area contributed by atoms with Gasteiger partial charge in [-0.05, 0) is 45.0 Å². The number of likely N-dealkylation sites (N-methyl/N-ethyl adjacent to an activating group) is 1. The fourth-order valence-electron chi connectivity index (χ4n) is 3.10. The quantitative estimate of drug-likeness (QED) is 0.914. The molecule has 1 aromatic heterocycles. The minimum absolute atomic E-state index is 0.146. The number of rotatable bonds is 5. The van der Waals surface area contributed by atoms with Crippen molar-refractivity contribution in [3.8, 4) is 5.69 Å². The van der Waals surface area contributed by atoms with Crippen LogP contribution < -0.4 is 5.32 Å². The molecule has 1 aliphatic heterocycles. The summed E-state index contributed by atoms with van der Waals surface area (Å²) in [6.45, 7) is 6.80. The van der Waals surface area contributed by atoms with Crippen LogP contribution in [0.5, 0.6) is 0 Å². The highest BCUT2D eigenvalue weighted by Crippen LogP contribution is 2.16. The molecule has 0 bridgehead atoms. The molecule has 1 aromatic carbocycles. The number of likely N-dealkylation sites (tertiary alicyclic amines) is 1. The fraction of sp³-hybridized carbons (Fsp3) is 0.471. The first kappa shape index (κ1) is 15.7. The predicted octanol–water partition coefficient (Wildman–Crippen LogP) is 1.79. The van der Waals surface area contributed by atoms with Crippen molar-refractivity contribution in [2.45, 2.75) is 32.7 Å². The number of aromatic nitrogens is 3. The van der Waals surface area contributed by atoms with Gasteiger partial charge in [0.2, 0.25) is 0 Å². The van der Waals surface area contributed by atoms with E-state index in [0.717, 1.165) is 25.2 Å². The standard InChI is InChI=1S/C17H23N5O/c1-3-21-11-7-10-15(21)12-18-17(23)16-13(2)19-22(20-16)14-8-5-4-6-9-14/h4-6,8-9,15H,3,7,10-12H2,1-2H3,(H,18,23)/t15-/m0/s1. The van der Waals surface area contributed by atoms with Gasteiger partial charge in [-0.3, -0.25) is 9.69 Å². The molecule has 2 heterocycles. The van der Waals surface area contributed by atoms with Gasteiger partial charge in [0.05, 0.1) is 11.4 Å². The van der Waals surface area contributed by atoms with Crippen LogP contribution in [0.2, 0.25) is 0 Å². The lowest BCUT2D eigenvalue weighted by Crippen LogP contribution is -2.40. The van der Waals surface area contributed by atoms with Gasteiger partial charge in [-0.1, -0.05) is 25.1 Å². The average molecular weight is 313 g/mol. The van der Waals surface area contributed by atoms with E-state index in [1.54, 1.807) is 0 Å². The van der Waals surface area contributed by atoms with Gasteiger partial charge in [0.1, 0.15) is 0 Å². The first-order chi connectivity index (χ1) is 11.2. The Labute approximate surface area is 136 Å². The van der Waals surface area contributed by atoms with E-state index >= 15 is 0 Å². The summed E-state index contributed by atoms with van der Waals surface area (Å²) in [5.74, 6) is -0.146. The van der Waals surface area contributed by atoms with Gasteiger partial charge in [-0.25, -0.2) is 0 Å². The zero-order chi connectivity index (χ0) is 16.2. The average Bonchev–Trinajstić information content (AvgIpc) is 3.19. The summed E-state index contributed by atoms with van der Waals surface area (Å²) < 4.78 is 0. The molecule has 0 aliphatic carbocycles. The number of carbonyl (C=O) groups excluding carboxylic acids is 1. The van der Waals surface area contributed by atoms with Crippen LogP contribution in [0.25, 0.3) is 5.69 Å². The molecule has 6 nitrogen and oxygen atoms in total. The van der Waals surface area contributed by atoms with Crippen LogP contribution in [0.15, 0.2) is 30.3 Å². The van der Waals surface area contributed by atoms with Gasteiger partial charge < -0.3 is 5.32 Å². The topological polar surface area (TPSA) is 63.1 Å². The molecule has 1 fully saturated rings. The molecule has 1 amide bonds. The molecular weight excluding hydrogens is 290 g/mol. The number of aryl methyl sites for hydroxylation is 1. The number of nitrogens with one attached hydrogen (secondary N) is 1. The molecule has 0 saturated carbocycles. The van der Waals surface area contributed by atoms with Crippen LogP contribution in [0.4, 0.5) is 0 Å². The number of amides is 1. The second-order valence-electron chi connectivity index (χ2n) is 5.89. The first-order valence-corrected chi connectivity index (χ1v) is 8.20. The fourth-order valence-corrected chi connectivity index (χ4v) is 3.10. The minimum Gasteiger partial charge on any atom is -0.349 e. The molecule has 1 saturated heterocycles. The Balaban J connectivity index is 1.67. The third-order valence-corrected chi connectivity index (χ3v) is 4.39. The molecule has 2 aromatic rings. The van der Waals surface area contributed by atoms with E-state index in [9.17, 15) is 4.79 Å². The predicted molar refractivity (Wildman–Crippen MR) is 88.7 cm³/mol. The number of benzene rings is 1. The van der Waals surface area contributed by atoms with Crippen LogP contribution in [0.3, 0.4) is 0 Å². The molecule has 122 valence electrons. The van der Waals surface area contributed by atoms with Crippen molar-refractivity contribution >= 4 is 5.91 Å². The number of para-hydroxylation sites is 1. The van der Waals surface area contributed by atoms with E-state index in [1.807, 2.05) is 37.3 Å². The summed E-state index contributed by atoms with van der Waals surface area (Å²) in [4.78, 5) is 16.3. The van der Waals surface area contributed by atoms with Crippen molar-refractivity contribution in [1.29, 1.82) is 0 Å². The second-order valence-corrected chi connectivity index (χ2v) is 5.89. The summed E-state index contributed by atoms with van der Waals surface area (Å²) in [6, 6.07) is 10.1. The highest BCUT2D eigenvalue weighted by atomic mass is 16.2. The summed E-state index contributed by atoms with van der Waals surface area (Å²) >= 11 is 0. The van der Waals surface area contributed by atoms with E-state index in [2.05, 4.69) is 27.3 Å². The normalized spacial score (nSPS) is 18.3. The number of hydrogen-bond acceptors (Lipinski definition) is 4. The zero-order valence-corrected chi connectivity index (χ0v) is 13.7. The maximum absolute atomic E-state index is 12.4. The highest BCUT2D eigenvalue weighted by Gasteiger charge is 2.24. The summed E-state index contributed by atoms with van der Waals surface area (Å²) in [6.07, 6.45) is 2.35. The SMILES string of the molecule is CCN1CCC[C@H]1CNC(=O)c1nn(-c2ccccc2)nc1C. The Morgan fingerprint density at radius 2 is 2.09 bits per heavy atom. The Morgan fingerprint density at radius 1 is 1.30 bits per heavy atom. The second kappa shape index (κ2) is 6.91. The van der Waals surface area contributed by atoms with E-state index in [-0.39, 0.29) is 5.91 Å². The molecule has 1 atom stereocenters. The lowest BCUT2D eigenvalue weighted by molar-refractivity contribution is 0.0935. The molecular formula is C17H23N5O. The van der Waals surface area contributed by atoms with Crippen molar-refractivity contribution < 1.29 is 4.79 Å². The molecule has 1 aliphatic rings. The lowest BCUT2D eigenvalue weighted by atomic mass is 10.2. The van der Waals surface area contributed by atoms with Crippen molar-refractivity contribution in [2.24, 2.45) is 0 Å². The summed E-state index contributed by atoms with van der Waals surface area (Å²) in [5.41, 5.74) is 1.89. The molecule has 23 heavy (non-hydrogen) atoms. The Morgan fingerprint density at radius 3 is 2.83 bits per heavy atom. The molecule has 3 rings (SSSR count). The van der Waals surface area contributed by atoms with E-state index < -0.39 is 0 Å². The van der Waals surface area contributed by atoms with Crippen molar-refractivity contribution in [2.75, 3.05) is 19.6 Å². The van der Waals surface area contributed by atoms with Gasteiger partial charge in [-0.15, -0.1) is 5.10 Å². The van der Waals surface area contributed by atoms with Gasteiger partial charge in [0, 0.05) is 12.6 Å². The third kappa shape index (κ3) is 3.42. The maximum atomic E-state index is 12.4. The molecule has 6 heteroatoms. The Hall–Kier alpha value is -2.21. The number of nitrogens with zero attached hydrogens (tertiary/aromatic N) is 4. The van der Waals surface area contributed by atoms with Gasteiger partial charge in [0.25, 0.3) is 5.91 Å². The molecule has 0 unspecified atom stereocenters. The first-order valence-electron chi connectivity index (χ1n) is 8.20. The van der Waals surface area contributed by atoms with Crippen LogP contribution >= 0.6 is 0 Å². The lowest BCUT2D eigenvalue weighted by Gasteiger charge is -2.22. The maximum Gasteiger partial charge on any atom is 0.273 e. The van der Waals surface area contributed by atoms with Crippen LogP contribution in [0, 0.1) is 6.92 Å². The van der Waals surface area contributed by atoms with E-state index in [1.165, 1.54) is 11.2 Å². The summed E-state index contributed by atoms with van der Waals surface area (Å²) in [7, 11) is 0. The molecule has 1 N–H and O–H groups in total. The summed E-state index contributed by atoms with van der Waals surface area (Å²) in [5, 5.41) is 11.7. The number of hydrogen-bond donors (Lipinski definition) is 1. The zero-order valence-electron chi connectivity index (χ0n) is 13.7. The van der Waals surface area contributed by atoms with E-state index in [4.69, 9.17) is 0 Å². The van der Waals surface area contributed by atoms with Crippen LogP contribution in [0.1, 0.15) is 35.9 Å². The smallest absolute Gasteiger partial charge is 0.273 e. The minimum atomic E-state index is -0.146. The molecule has 0 spiro atoms. The monoisotopic (exact) mass is 313 g/mol. The van der Waals surface area contributed by atoms with Crippen molar-refractivity contribution in [3.05, 3.63) is 41.7 Å². The largest absolute Gasteiger partial charge is 0.349 e. The Kier molecular flexibility index (Phi) is 4.71. The van der Waals surface area contributed by atoms with E-state index in [0.29, 0.717) is 24.0 Å².